The molecule has 20 heavy (non-hydrogen) atoms. The molecule has 2 rings (SSSR count). The van der Waals surface area contributed by atoms with Crippen LogP contribution in [-0.4, -0.2) is 29.7 Å². The van der Waals surface area contributed by atoms with Gasteiger partial charge in [0.15, 0.2) is 0 Å². The van der Waals surface area contributed by atoms with Crippen LogP contribution < -0.4 is 5.32 Å². The monoisotopic (exact) mass is 293 g/mol. The van der Waals surface area contributed by atoms with E-state index in [9.17, 15) is 22.4 Å². The van der Waals surface area contributed by atoms with Crippen molar-refractivity contribution >= 4 is 11.9 Å². The topological polar surface area (TPSA) is 66.4 Å². The Bertz CT molecular complexity index is 502. The lowest BCUT2D eigenvalue weighted by atomic mass is 9.98. The van der Waals surface area contributed by atoms with Crippen LogP contribution in [0.25, 0.3) is 0 Å². The first-order chi connectivity index (χ1) is 9.20. The molecule has 1 saturated heterocycles. The van der Waals surface area contributed by atoms with Crippen molar-refractivity contribution in [1.82, 2.24) is 5.32 Å². The first-order valence-electron chi connectivity index (χ1n) is 5.52. The molecule has 8 heteroatoms. The first-order valence-corrected chi connectivity index (χ1v) is 5.52. The summed E-state index contributed by atoms with van der Waals surface area (Å²) in [6.07, 6.45) is -4.61. The number of nitrogens with one attached hydrogen (secondary N) is 1. The summed E-state index contributed by atoms with van der Waals surface area (Å²) >= 11 is 0. The van der Waals surface area contributed by atoms with Crippen LogP contribution in [0, 0.1) is 5.82 Å². The largest absolute Gasteiger partial charge is 0.490 e. The van der Waals surface area contributed by atoms with E-state index in [1.807, 2.05) is 6.07 Å². The molecule has 1 heterocycles. The van der Waals surface area contributed by atoms with Crippen molar-refractivity contribution in [2.75, 3.05) is 6.54 Å². The van der Waals surface area contributed by atoms with E-state index >= 15 is 0 Å². The Kier molecular flexibility index (Phi) is 5.06. The molecule has 0 bridgehead atoms. The number of benzene rings is 1. The molecule has 0 radical (unpaired) electrons. The van der Waals surface area contributed by atoms with E-state index in [4.69, 9.17) is 9.90 Å². The van der Waals surface area contributed by atoms with Crippen LogP contribution in [-0.2, 0) is 9.59 Å². The Balaban J connectivity index is 0.000000246. The van der Waals surface area contributed by atoms with Gasteiger partial charge < -0.3 is 10.4 Å². The van der Waals surface area contributed by atoms with Crippen LogP contribution in [0.5, 0.6) is 0 Å². The van der Waals surface area contributed by atoms with Gasteiger partial charge in [0.25, 0.3) is 0 Å². The number of hydrogen-bond acceptors (Lipinski definition) is 2. The minimum atomic E-state index is -5.08. The third-order valence-corrected chi connectivity index (χ3v) is 2.54. The number of carbonyl (C=O) groups is 2. The molecule has 1 unspecified atom stereocenters. The Morgan fingerprint density at radius 2 is 1.95 bits per heavy atom. The molecule has 110 valence electrons. The lowest BCUT2D eigenvalue weighted by Gasteiger charge is -2.06. The maximum absolute atomic E-state index is 12.8. The number of carboxylic acid groups (broad SMARTS) is 1. The molecular weight excluding hydrogens is 282 g/mol. The van der Waals surface area contributed by atoms with Gasteiger partial charge in [-0.1, -0.05) is 12.1 Å². The predicted octanol–water partition coefficient (Wildman–Crippen LogP) is 2.06. The number of carbonyl (C=O) groups excluding carboxylic acids is 1. The summed E-state index contributed by atoms with van der Waals surface area (Å²) < 4.78 is 44.5. The van der Waals surface area contributed by atoms with Gasteiger partial charge in [0.05, 0.1) is 0 Å². The van der Waals surface area contributed by atoms with Gasteiger partial charge in [-0.25, -0.2) is 9.18 Å². The normalized spacial score (nSPS) is 18.0. The minimum Gasteiger partial charge on any atom is -0.475 e. The fourth-order valence-corrected chi connectivity index (χ4v) is 1.60. The highest BCUT2D eigenvalue weighted by Gasteiger charge is 2.38. The Morgan fingerprint density at radius 1 is 1.35 bits per heavy atom. The molecular formula is C12H11F4NO3. The van der Waals surface area contributed by atoms with Crippen LogP contribution in [0.1, 0.15) is 17.9 Å². The Labute approximate surface area is 111 Å². The fourth-order valence-electron chi connectivity index (χ4n) is 1.60. The fraction of sp³-hybridized carbons (Fsp3) is 0.333. The molecule has 4 nitrogen and oxygen atoms in total. The lowest BCUT2D eigenvalue weighted by molar-refractivity contribution is -0.192. The van der Waals surface area contributed by atoms with Crippen molar-refractivity contribution in [2.24, 2.45) is 0 Å². The quantitative estimate of drug-likeness (QED) is 0.779. The molecule has 1 aliphatic heterocycles. The molecule has 1 fully saturated rings. The van der Waals surface area contributed by atoms with Gasteiger partial charge in [0, 0.05) is 18.9 Å². The summed E-state index contributed by atoms with van der Waals surface area (Å²) in [4.78, 5) is 19.8. The zero-order valence-corrected chi connectivity index (χ0v) is 10.1. The molecule has 1 amide bonds. The second-order valence-electron chi connectivity index (χ2n) is 4.06. The summed E-state index contributed by atoms with van der Waals surface area (Å²) in [6.45, 7) is 0.627. The van der Waals surface area contributed by atoms with Crippen molar-refractivity contribution in [3.8, 4) is 0 Å². The molecule has 1 atom stereocenters. The van der Waals surface area contributed by atoms with Gasteiger partial charge in [-0.2, -0.15) is 13.2 Å². The molecule has 0 saturated carbocycles. The second-order valence-corrected chi connectivity index (χ2v) is 4.06. The Morgan fingerprint density at radius 3 is 2.35 bits per heavy atom. The lowest BCUT2D eigenvalue weighted by Crippen LogP contribution is -2.21. The average molecular weight is 293 g/mol. The maximum Gasteiger partial charge on any atom is 0.490 e. The summed E-state index contributed by atoms with van der Waals surface area (Å²) in [5, 5.41) is 9.85. The van der Waals surface area contributed by atoms with Gasteiger partial charge in [0.1, 0.15) is 5.82 Å². The minimum absolute atomic E-state index is 0.0502. The third kappa shape index (κ3) is 4.87. The number of rotatable bonds is 1. The number of alkyl halides is 3. The summed E-state index contributed by atoms with van der Waals surface area (Å²) in [5.74, 6) is -2.80. The number of amides is 1. The van der Waals surface area contributed by atoms with Crippen LogP contribution in [0.15, 0.2) is 24.3 Å². The summed E-state index contributed by atoms with van der Waals surface area (Å²) in [5.41, 5.74) is 0.901. The predicted molar refractivity (Wildman–Crippen MR) is 60.5 cm³/mol. The van der Waals surface area contributed by atoms with E-state index in [1.165, 1.54) is 12.1 Å². The second kappa shape index (κ2) is 6.36. The zero-order chi connectivity index (χ0) is 15.3. The van der Waals surface area contributed by atoms with E-state index in [1.54, 1.807) is 6.07 Å². The van der Waals surface area contributed by atoms with Gasteiger partial charge in [-0.3, -0.25) is 4.79 Å². The summed E-state index contributed by atoms with van der Waals surface area (Å²) in [7, 11) is 0. The molecule has 0 spiro atoms. The van der Waals surface area contributed by atoms with Gasteiger partial charge >= 0.3 is 12.1 Å². The smallest absolute Gasteiger partial charge is 0.475 e. The average Bonchev–Trinajstić information content (AvgIpc) is 2.75. The maximum atomic E-state index is 12.8. The highest BCUT2D eigenvalue weighted by Crippen LogP contribution is 2.23. The van der Waals surface area contributed by atoms with E-state index in [0.29, 0.717) is 13.0 Å². The molecule has 0 aliphatic carbocycles. The molecule has 0 aromatic heterocycles. The van der Waals surface area contributed by atoms with Crippen molar-refractivity contribution in [3.05, 3.63) is 35.6 Å². The first kappa shape index (κ1) is 15.9. The van der Waals surface area contributed by atoms with Crippen LogP contribution in [0.3, 0.4) is 0 Å². The van der Waals surface area contributed by atoms with E-state index < -0.39 is 12.1 Å². The molecule has 2 N–H and O–H groups in total. The SMILES string of the molecule is O=C(O)C(F)(F)F.O=C1CC(c2cccc(F)c2)CN1. The number of hydrogen-bond donors (Lipinski definition) is 2. The van der Waals surface area contributed by atoms with Crippen LogP contribution in [0.4, 0.5) is 17.6 Å². The van der Waals surface area contributed by atoms with Crippen molar-refractivity contribution in [1.29, 1.82) is 0 Å². The van der Waals surface area contributed by atoms with E-state index in [2.05, 4.69) is 5.32 Å². The number of aliphatic carboxylic acids is 1. The highest BCUT2D eigenvalue weighted by molar-refractivity contribution is 5.79. The number of carboxylic acids is 1. The number of halogens is 4. The third-order valence-electron chi connectivity index (χ3n) is 2.54. The van der Waals surface area contributed by atoms with E-state index in [-0.39, 0.29) is 17.6 Å². The Hall–Kier alpha value is -2.12. The van der Waals surface area contributed by atoms with Crippen molar-refractivity contribution in [3.63, 3.8) is 0 Å². The van der Waals surface area contributed by atoms with Gasteiger partial charge in [-0.05, 0) is 17.7 Å². The zero-order valence-electron chi connectivity index (χ0n) is 10.1. The standard InChI is InChI=1S/C10H10FNO.C2HF3O2/c11-9-3-1-2-7(4-9)8-5-10(13)12-6-8;3-2(4,5)1(6)7/h1-4,8H,5-6H2,(H,12,13);(H,6,7). The van der Waals surface area contributed by atoms with Crippen molar-refractivity contribution < 1.29 is 32.3 Å². The molecule has 1 aliphatic rings. The van der Waals surface area contributed by atoms with Crippen molar-refractivity contribution in [2.45, 2.75) is 18.5 Å². The van der Waals surface area contributed by atoms with Crippen LogP contribution >= 0.6 is 0 Å². The highest BCUT2D eigenvalue weighted by atomic mass is 19.4. The summed E-state index contributed by atoms with van der Waals surface area (Å²) in [6, 6.07) is 6.43. The van der Waals surface area contributed by atoms with Gasteiger partial charge in [-0.15, -0.1) is 0 Å². The molecule has 1 aromatic carbocycles. The molecule has 1 aromatic rings. The van der Waals surface area contributed by atoms with E-state index in [0.717, 1.165) is 5.56 Å². The van der Waals surface area contributed by atoms with Crippen LogP contribution in [0.2, 0.25) is 0 Å². The van der Waals surface area contributed by atoms with Gasteiger partial charge in [0.2, 0.25) is 5.91 Å².